The van der Waals surface area contributed by atoms with Crippen LogP contribution in [0.15, 0.2) is 30.3 Å². The first kappa shape index (κ1) is 17.3. The Morgan fingerprint density at radius 3 is 2.64 bits per heavy atom. The lowest BCUT2D eigenvalue weighted by molar-refractivity contribution is -0.141. The molecule has 22 heavy (non-hydrogen) atoms. The van der Waals surface area contributed by atoms with Crippen LogP contribution in [0.2, 0.25) is 0 Å². The van der Waals surface area contributed by atoms with Gasteiger partial charge in [-0.15, -0.1) is 0 Å². The van der Waals surface area contributed by atoms with Crippen molar-refractivity contribution in [2.24, 2.45) is 0 Å². The number of hydrogen-bond acceptors (Lipinski definition) is 4. The fourth-order valence-corrected chi connectivity index (χ4v) is 3.94. The van der Waals surface area contributed by atoms with Crippen molar-refractivity contribution in [3.05, 3.63) is 35.9 Å². The molecule has 1 atom stereocenters. The topological polar surface area (TPSA) is 52.6 Å². The molecule has 2 N–H and O–H groups in total. The zero-order chi connectivity index (χ0) is 16.0. The van der Waals surface area contributed by atoms with Gasteiger partial charge in [0.1, 0.15) is 5.60 Å². The normalized spacial score (nSPS) is 18.9. The first-order valence-electron chi connectivity index (χ1n) is 7.83. The maximum absolute atomic E-state index is 12.3. The standard InChI is InChI=1S/C17H26N2O2S/c1-14(12-19(2)13-15-6-4-3-5-7-15)18-16(20)17(21)8-10-22-11-9-17/h3-7,14,21H,8-13H2,1-2H3,(H,18,20). The average Bonchev–Trinajstić information content (AvgIpc) is 2.48. The van der Waals surface area contributed by atoms with E-state index in [2.05, 4.69) is 22.3 Å². The van der Waals surface area contributed by atoms with Crippen molar-refractivity contribution in [1.29, 1.82) is 0 Å². The molecule has 0 bridgehead atoms. The van der Waals surface area contributed by atoms with Crippen LogP contribution in [0.4, 0.5) is 0 Å². The van der Waals surface area contributed by atoms with Crippen molar-refractivity contribution in [2.75, 3.05) is 25.1 Å². The lowest BCUT2D eigenvalue weighted by Crippen LogP contribution is -2.53. The first-order valence-corrected chi connectivity index (χ1v) is 8.99. The summed E-state index contributed by atoms with van der Waals surface area (Å²) in [5.74, 6) is 1.49. The van der Waals surface area contributed by atoms with Crippen LogP contribution in [0, 0.1) is 0 Å². The Morgan fingerprint density at radius 1 is 1.36 bits per heavy atom. The molecule has 0 spiro atoms. The second-order valence-electron chi connectivity index (χ2n) is 6.20. The molecule has 0 aliphatic carbocycles. The summed E-state index contributed by atoms with van der Waals surface area (Å²) in [6.07, 6.45) is 1.10. The SMILES string of the molecule is CC(CN(C)Cc1ccccc1)NC(=O)C1(O)CCSCC1. The van der Waals surface area contributed by atoms with Gasteiger partial charge in [0.2, 0.25) is 0 Å². The molecular weight excluding hydrogens is 296 g/mol. The predicted octanol–water partition coefficient (Wildman–Crippen LogP) is 1.88. The number of amides is 1. The zero-order valence-corrected chi connectivity index (χ0v) is 14.2. The van der Waals surface area contributed by atoms with Gasteiger partial charge in [-0.25, -0.2) is 0 Å². The Balaban J connectivity index is 1.79. The number of carbonyl (C=O) groups excluding carboxylic acids is 1. The van der Waals surface area contributed by atoms with Crippen molar-refractivity contribution < 1.29 is 9.90 Å². The zero-order valence-electron chi connectivity index (χ0n) is 13.4. The van der Waals surface area contributed by atoms with Crippen LogP contribution < -0.4 is 5.32 Å². The third-order valence-corrected chi connectivity index (χ3v) is 4.99. The van der Waals surface area contributed by atoms with E-state index >= 15 is 0 Å². The van der Waals surface area contributed by atoms with Crippen molar-refractivity contribution in [3.63, 3.8) is 0 Å². The summed E-state index contributed by atoms with van der Waals surface area (Å²) in [5, 5.41) is 13.4. The molecule has 0 saturated carbocycles. The van der Waals surface area contributed by atoms with Crippen molar-refractivity contribution >= 4 is 17.7 Å². The summed E-state index contributed by atoms with van der Waals surface area (Å²) in [5.41, 5.74) is 0.0868. The van der Waals surface area contributed by atoms with E-state index in [0.717, 1.165) is 24.6 Å². The van der Waals surface area contributed by atoms with E-state index in [1.54, 1.807) is 11.8 Å². The maximum Gasteiger partial charge on any atom is 0.252 e. The summed E-state index contributed by atoms with van der Waals surface area (Å²) in [4.78, 5) is 14.5. The number of nitrogens with zero attached hydrogens (tertiary/aromatic N) is 1. The summed E-state index contributed by atoms with van der Waals surface area (Å²) in [6.45, 7) is 3.59. The third-order valence-electron chi connectivity index (χ3n) is 4.00. The third kappa shape index (κ3) is 5.00. The Morgan fingerprint density at radius 2 is 2.00 bits per heavy atom. The van der Waals surface area contributed by atoms with Gasteiger partial charge in [0.05, 0.1) is 0 Å². The number of benzene rings is 1. The molecule has 5 heteroatoms. The second-order valence-corrected chi connectivity index (χ2v) is 7.43. The van der Waals surface area contributed by atoms with Crippen LogP contribution in [0.25, 0.3) is 0 Å². The minimum absolute atomic E-state index is 0.0137. The minimum atomic E-state index is -1.17. The quantitative estimate of drug-likeness (QED) is 0.840. The van der Waals surface area contributed by atoms with Crippen LogP contribution >= 0.6 is 11.8 Å². The summed E-state index contributed by atoms with van der Waals surface area (Å²) in [7, 11) is 2.04. The average molecular weight is 322 g/mol. The molecule has 1 heterocycles. The predicted molar refractivity (Wildman–Crippen MR) is 91.9 cm³/mol. The number of rotatable bonds is 6. The number of aliphatic hydroxyl groups is 1. The van der Waals surface area contributed by atoms with E-state index in [4.69, 9.17) is 0 Å². The molecular formula is C17H26N2O2S. The molecule has 1 unspecified atom stereocenters. The number of likely N-dealkylation sites (N-methyl/N-ethyl adjacent to an activating group) is 1. The van der Waals surface area contributed by atoms with Gasteiger partial charge in [0.25, 0.3) is 5.91 Å². The first-order chi connectivity index (χ1) is 10.5. The largest absolute Gasteiger partial charge is 0.380 e. The summed E-state index contributed by atoms with van der Waals surface area (Å²) < 4.78 is 0. The van der Waals surface area contributed by atoms with E-state index in [0.29, 0.717) is 12.8 Å². The highest BCUT2D eigenvalue weighted by Crippen LogP contribution is 2.27. The molecule has 1 saturated heterocycles. The number of carbonyl (C=O) groups is 1. The van der Waals surface area contributed by atoms with Crippen molar-refractivity contribution in [3.8, 4) is 0 Å². The molecule has 0 aromatic heterocycles. The molecule has 1 amide bonds. The van der Waals surface area contributed by atoms with Crippen LogP contribution in [-0.4, -0.2) is 52.7 Å². The highest BCUT2D eigenvalue weighted by molar-refractivity contribution is 7.99. The minimum Gasteiger partial charge on any atom is -0.380 e. The van der Waals surface area contributed by atoms with E-state index < -0.39 is 5.60 Å². The van der Waals surface area contributed by atoms with Crippen LogP contribution in [0.5, 0.6) is 0 Å². The van der Waals surface area contributed by atoms with Crippen LogP contribution in [-0.2, 0) is 11.3 Å². The van der Waals surface area contributed by atoms with Crippen LogP contribution in [0.1, 0.15) is 25.3 Å². The highest BCUT2D eigenvalue weighted by Gasteiger charge is 2.37. The molecule has 4 nitrogen and oxygen atoms in total. The van der Waals surface area contributed by atoms with E-state index in [9.17, 15) is 9.90 Å². The maximum atomic E-state index is 12.3. The van der Waals surface area contributed by atoms with Crippen LogP contribution in [0.3, 0.4) is 0 Å². The number of thioether (sulfide) groups is 1. The summed E-state index contributed by atoms with van der Waals surface area (Å²) >= 11 is 1.80. The fourth-order valence-electron chi connectivity index (χ4n) is 2.77. The van der Waals surface area contributed by atoms with Gasteiger partial charge in [-0.05, 0) is 43.9 Å². The molecule has 1 fully saturated rings. The van der Waals surface area contributed by atoms with Crippen molar-refractivity contribution in [2.45, 2.75) is 38.0 Å². The lowest BCUT2D eigenvalue weighted by Gasteiger charge is -2.32. The van der Waals surface area contributed by atoms with Gasteiger partial charge in [-0.3, -0.25) is 4.79 Å². The monoisotopic (exact) mass is 322 g/mol. The number of hydrogen-bond donors (Lipinski definition) is 2. The molecule has 1 aromatic rings. The molecule has 1 aliphatic heterocycles. The van der Waals surface area contributed by atoms with Crippen molar-refractivity contribution in [1.82, 2.24) is 10.2 Å². The molecule has 122 valence electrons. The van der Waals surface area contributed by atoms with E-state index in [1.807, 2.05) is 32.2 Å². The Bertz CT molecular complexity index is 475. The highest BCUT2D eigenvalue weighted by atomic mass is 32.2. The van der Waals surface area contributed by atoms with E-state index in [1.165, 1.54) is 5.56 Å². The summed E-state index contributed by atoms with van der Waals surface area (Å²) in [6, 6.07) is 10.3. The fraction of sp³-hybridized carbons (Fsp3) is 0.588. The van der Waals surface area contributed by atoms with Gasteiger partial charge in [-0.1, -0.05) is 30.3 Å². The van der Waals surface area contributed by atoms with Gasteiger partial charge < -0.3 is 15.3 Å². The lowest BCUT2D eigenvalue weighted by atomic mass is 9.95. The smallest absolute Gasteiger partial charge is 0.252 e. The molecule has 2 rings (SSSR count). The Kier molecular flexibility index (Phi) is 6.29. The number of nitrogens with one attached hydrogen (secondary N) is 1. The van der Waals surface area contributed by atoms with Gasteiger partial charge in [-0.2, -0.15) is 11.8 Å². The van der Waals surface area contributed by atoms with Gasteiger partial charge in [0, 0.05) is 19.1 Å². The Labute approximate surface area is 137 Å². The molecule has 0 radical (unpaired) electrons. The van der Waals surface area contributed by atoms with Gasteiger partial charge in [0.15, 0.2) is 0 Å². The van der Waals surface area contributed by atoms with E-state index in [-0.39, 0.29) is 11.9 Å². The van der Waals surface area contributed by atoms with Gasteiger partial charge >= 0.3 is 0 Å². The second kappa shape index (κ2) is 7.99. The molecule has 1 aliphatic rings. The molecule has 1 aromatic carbocycles. The Hall–Kier alpha value is -1.04.